The van der Waals surface area contributed by atoms with Gasteiger partial charge < -0.3 is 20.2 Å². The van der Waals surface area contributed by atoms with Crippen LogP contribution in [0.4, 0.5) is 10.2 Å². The van der Waals surface area contributed by atoms with Crippen molar-refractivity contribution in [3.63, 3.8) is 0 Å². The number of ether oxygens (including phenoxy) is 1. The lowest BCUT2D eigenvalue weighted by molar-refractivity contribution is 0.0999. The van der Waals surface area contributed by atoms with E-state index >= 15 is 0 Å². The standard InChI is InChI=1S/C35H32FN7O3S/c1-18(2)15-26-29(33(37)44)31(30(35-43-42-19(3)46-35)27(40-26)17-45-22-8-6-21(36)7-9-22)28-16-20-12-14-39-34(32(20)47-28)41-25-11-10-24-23(25)5-4-13-38-24/h4-9,12-14,16,18,25H,10-11,15,17H2,1-3H3,(H2,37,44)(H,39,41)/t25-/m1/s1. The lowest BCUT2D eigenvalue weighted by Crippen LogP contribution is -2.20. The zero-order valence-corrected chi connectivity index (χ0v) is 26.9. The number of thiophene rings is 1. The van der Waals surface area contributed by atoms with Crippen LogP contribution in [-0.4, -0.2) is 31.1 Å². The highest BCUT2D eigenvalue weighted by atomic mass is 32.1. The molecule has 10 nitrogen and oxygen atoms in total. The molecule has 0 spiro atoms. The molecule has 0 aliphatic heterocycles. The number of amides is 1. The van der Waals surface area contributed by atoms with Crippen LogP contribution < -0.4 is 15.8 Å². The molecule has 1 atom stereocenters. The van der Waals surface area contributed by atoms with Crippen LogP contribution in [0.25, 0.3) is 32.0 Å². The third kappa shape index (κ3) is 6.03. The van der Waals surface area contributed by atoms with Gasteiger partial charge in [0.1, 0.15) is 24.0 Å². The van der Waals surface area contributed by atoms with E-state index < -0.39 is 5.91 Å². The van der Waals surface area contributed by atoms with Crippen molar-refractivity contribution >= 4 is 33.1 Å². The fraction of sp³-hybridized carbons (Fsp3) is 0.257. The number of pyridine rings is 3. The van der Waals surface area contributed by atoms with Crippen LogP contribution in [-0.2, 0) is 19.4 Å². The number of fused-ring (bicyclic) bond motifs is 2. The van der Waals surface area contributed by atoms with Gasteiger partial charge in [-0.05, 0) is 78.6 Å². The average Bonchev–Trinajstić information content (AvgIpc) is 3.79. The van der Waals surface area contributed by atoms with Gasteiger partial charge in [0.15, 0.2) is 0 Å². The van der Waals surface area contributed by atoms with Gasteiger partial charge in [-0.3, -0.25) is 14.8 Å². The Morgan fingerprint density at radius 1 is 1.11 bits per heavy atom. The van der Waals surface area contributed by atoms with Gasteiger partial charge >= 0.3 is 0 Å². The van der Waals surface area contributed by atoms with E-state index in [-0.39, 0.29) is 30.3 Å². The minimum Gasteiger partial charge on any atom is -0.487 e. The Bertz CT molecular complexity index is 2110. The number of rotatable bonds is 10. The fourth-order valence-corrected chi connectivity index (χ4v) is 7.23. The third-order valence-electron chi connectivity index (χ3n) is 8.09. The van der Waals surface area contributed by atoms with Crippen LogP contribution in [0.5, 0.6) is 5.75 Å². The topological polar surface area (TPSA) is 142 Å². The van der Waals surface area contributed by atoms with Gasteiger partial charge in [0, 0.05) is 35.5 Å². The van der Waals surface area contributed by atoms with E-state index in [2.05, 4.69) is 40.4 Å². The molecule has 0 radical (unpaired) electrons. The van der Waals surface area contributed by atoms with Gasteiger partial charge in [0.05, 0.1) is 33.3 Å². The Morgan fingerprint density at radius 3 is 2.68 bits per heavy atom. The second-order valence-electron chi connectivity index (χ2n) is 11.9. The number of carbonyl (C=O) groups excluding carboxylic acids is 1. The SMILES string of the molecule is Cc1nnc(-c2c(COc3ccc(F)cc3)nc(CC(C)C)c(C(N)=O)c2-c2cc3ccnc(N[C@@H]4CCc5ncccc54)c3s2)o1. The van der Waals surface area contributed by atoms with Crippen molar-refractivity contribution in [3.8, 4) is 27.6 Å². The van der Waals surface area contributed by atoms with E-state index in [1.54, 1.807) is 25.3 Å². The second-order valence-corrected chi connectivity index (χ2v) is 13.0. The van der Waals surface area contributed by atoms with Gasteiger partial charge in [0.25, 0.3) is 5.91 Å². The summed E-state index contributed by atoms with van der Waals surface area (Å²) in [6.45, 7) is 5.79. The molecule has 0 saturated carbocycles. The number of carbonyl (C=O) groups is 1. The normalized spacial score (nSPS) is 14.1. The number of nitrogens with zero attached hydrogens (tertiary/aromatic N) is 5. The highest BCUT2D eigenvalue weighted by molar-refractivity contribution is 7.23. The van der Waals surface area contributed by atoms with E-state index in [1.807, 2.05) is 24.4 Å². The number of benzene rings is 1. The van der Waals surface area contributed by atoms with Gasteiger partial charge in [-0.1, -0.05) is 19.9 Å². The molecule has 0 saturated heterocycles. The first kappa shape index (κ1) is 30.4. The Labute approximate surface area is 274 Å². The molecule has 238 valence electrons. The molecule has 5 aromatic heterocycles. The van der Waals surface area contributed by atoms with Gasteiger partial charge in [0.2, 0.25) is 11.8 Å². The Hall–Kier alpha value is -5.23. The highest BCUT2D eigenvalue weighted by Gasteiger charge is 2.30. The first-order valence-corrected chi connectivity index (χ1v) is 16.2. The van der Waals surface area contributed by atoms with E-state index in [1.165, 1.54) is 29.0 Å². The molecule has 5 heterocycles. The Kier molecular flexibility index (Phi) is 8.10. The molecule has 1 amide bonds. The summed E-state index contributed by atoms with van der Waals surface area (Å²) in [5, 5.41) is 13.0. The first-order chi connectivity index (χ1) is 22.7. The van der Waals surface area contributed by atoms with Crippen LogP contribution in [0.1, 0.15) is 65.2 Å². The summed E-state index contributed by atoms with van der Waals surface area (Å²) in [6.07, 6.45) is 5.90. The predicted molar refractivity (Wildman–Crippen MR) is 178 cm³/mol. The van der Waals surface area contributed by atoms with Crippen LogP contribution >= 0.6 is 11.3 Å². The van der Waals surface area contributed by atoms with Crippen LogP contribution in [0.3, 0.4) is 0 Å². The van der Waals surface area contributed by atoms with E-state index in [0.29, 0.717) is 46.1 Å². The minimum absolute atomic E-state index is 0.00604. The molecule has 6 aromatic rings. The number of primary amides is 1. The maximum Gasteiger partial charge on any atom is 0.251 e. The fourth-order valence-electron chi connectivity index (χ4n) is 6.07. The Morgan fingerprint density at radius 2 is 1.94 bits per heavy atom. The number of hydrogen-bond acceptors (Lipinski definition) is 10. The van der Waals surface area contributed by atoms with Gasteiger partial charge in [-0.25, -0.2) is 9.37 Å². The summed E-state index contributed by atoms with van der Waals surface area (Å²) in [5.74, 6) is 0.919. The molecule has 12 heteroatoms. The summed E-state index contributed by atoms with van der Waals surface area (Å²) < 4.78 is 26.6. The molecule has 0 fully saturated rings. The number of hydrogen-bond donors (Lipinski definition) is 2. The zero-order chi connectivity index (χ0) is 32.7. The van der Waals surface area contributed by atoms with Crippen LogP contribution in [0.2, 0.25) is 0 Å². The quantitative estimate of drug-likeness (QED) is 0.157. The lowest BCUT2D eigenvalue weighted by Gasteiger charge is -2.19. The molecular formula is C35H32FN7O3S. The first-order valence-electron chi connectivity index (χ1n) is 15.4. The minimum atomic E-state index is -0.615. The van der Waals surface area contributed by atoms with E-state index in [9.17, 15) is 9.18 Å². The number of nitrogens with two attached hydrogens (primary N) is 1. The summed E-state index contributed by atoms with van der Waals surface area (Å²) in [4.78, 5) is 28.3. The molecule has 0 unspecified atom stereocenters. The van der Waals surface area contributed by atoms with Crippen molar-refractivity contribution in [2.45, 2.75) is 52.7 Å². The summed E-state index contributed by atoms with van der Waals surface area (Å²) >= 11 is 1.49. The van der Waals surface area contributed by atoms with E-state index in [4.69, 9.17) is 24.9 Å². The maximum absolute atomic E-state index is 13.6. The monoisotopic (exact) mass is 649 g/mol. The number of halogens is 1. The third-order valence-corrected chi connectivity index (χ3v) is 9.26. The molecule has 47 heavy (non-hydrogen) atoms. The van der Waals surface area contributed by atoms with E-state index in [0.717, 1.165) is 39.3 Å². The molecule has 1 aliphatic rings. The number of anilines is 1. The van der Waals surface area contributed by atoms with Crippen molar-refractivity contribution < 1.29 is 18.3 Å². The molecule has 1 aliphatic carbocycles. The second kappa shape index (κ2) is 12.5. The summed E-state index contributed by atoms with van der Waals surface area (Å²) in [5.41, 5.74) is 10.7. The molecule has 3 N–H and O–H groups in total. The van der Waals surface area contributed by atoms with Crippen molar-refractivity contribution in [2.75, 3.05) is 5.32 Å². The zero-order valence-electron chi connectivity index (χ0n) is 26.1. The highest BCUT2D eigenvalue weighted by Crippen LogP contribution is 2.45. The van der Waals surface area contributed by atoms with Crippen molar-refractivity contribution in [1.82, 2.24) is 25.1 Å². The Balaban J connectivity index is 1.41. The molecule has 0 bridgehead atoms. The number of aryl methyl sites for hydroxylation is 2. The van der Waals surface area contributed by atoms with Gasteiger partial charge in [-0.15, -0.1) is 21.5 Å². The maximum atomic E-state index is 13.6. The smallest absolute Gasteiger partial charge is 0.251 e. The van der Waals surface area contributed by atoms with Gasteiger partial charge in [-0.2, -0.15) is 0 Å². The van der Waals surface area contributed by atoms with Crippen molar-refractivity contribution in [2.24, 2.45) is 11.7 Å². The summed E-state index contributed by atoms with van der Waals surface area (Å²) in [6, 6.07) is 13.9. The number of aromatic nitrogens is 5. The molecular weight excluding hydrogens is 617 g/mol. The average molecular weight is 650 g/mol. The lowest BCUT2D eigenvalue weighted by atomic mass is 9.92. The van der Waals surface area contributed by atoms with Crippen LogP contribution in [0, 0.1) is 18.7 Å². The van der Waals surface area contributed by atoms with Crippen molar-refractivity contribution in [1.29, 1.82) is 0 Å². The summed E-state index contributed by atoms with van der Waals surface area (Å²) in [7, 11) is 0. The molecule has 7 rings (SSSR count). The largest absolute Gasteiger partial charge is 0.487 e. The van der Waals surface area contributed by atoms with Crippen molar-refractivity contribution in [3.05, 3.63) is 101 Å². The number of nitrogens with one attached hydrogen (secondary N) is 1. The predicted octanol–water partition coefficient (Wildman–Crippen LogP) is 7.23. The van der Waals surface area contributed by atoms with Crippen LogP contribution in [0.15, 0.2) is 65.3 Å². The molecule has 1 aromatic carbocycles.